The first-order valence-electron chi connectivity index (χ1n) is 10.4. The zero-order valence-electron chi connectivity index (χ0n) is 19.0. The van der Waals surface area contributed by atoms with Crippen molar-refractivity contribution in [2.24, 2.45) is 0 Å². The lowest BCUT2D eigenvalue weighted by molar-refractivity contribution is -0.118. The molecule has 2 atom stereocenters. The molecule has 4 rings (SSSR count). The van der Waals surface area contributed by atoms with Gasteiger partial charge in [-0.25, -0.2) is 9.59 Å². The maximum absolute atomic E-state index is 13.0. The molecule has 178 valence electrons. The van der Waals surface area contributed by atoms with E-state index < -0.39 is 29.4 Å². The summed E-state index contributed by atoms with van der Waals surface area (Å²) >= 11 is 5.97. The van der Waals surface area contributed by atoms with Crippen molar-refractivity contribution in [1.82, 2.24) is 0 Å². The highest BCUT2D eigenvalue weighted by Crippen LogP contribution is 2.42. The highest BCUT2D eigenvalue weighted by Gasteiger charge is 2.47. The molecule has 0 unspecified atom stereocenters. The van der Waals surface area contributed by atoms with Crippen molar-refractivity contribution in [2.75, 3.05) is 14.2 Å². The predicted molar refractivity (Wildman–Crippen MR) is 124 cm³/mol. The number of aliphatic hydroxyl groups is 1. The van der Waals surface area contributed by atoms with Crippen molar-refractivity contribution in [2.45, 2.75) is 31.7 Å². The van der Waals surface area contributed by atoms with E-state index in [1.165, 1.54) is 32.4 Å². The average molecular weight is 487 g/mol. The molecule has 8 nitrogen and oxygen atoms in total. The SMILES string of the molecule is COc1ccc(-c2cc3c(c(=O)o2)[C@H](OC(=O)c2cccc(Cl)c2)[C@@H](O)C(C)(C)O3)cc1OC. The Kier molecular flexibility index (Phi) is 6.29. The van der Waals surface area contributed by atoms with Gasteiger partial charge < -0.3 is 28.5 Å². The molecule has 9 heteroatoms. The van der Waals surface area contributed by atoms with Crippen LogP contribution in [0.2, 0.25) is 5.02 Å². The number of carbonyl (C=O) groups excluding carboxylic acids is 1. The van der Waals surface area contributed by atoms with Crippen LogP contribution in [0.4, 0.5) is 0 Å². The van der Waals surface area contributed by atoms with Crippen molar-refractivity contribution >= 4 is 17.6 Å². The van der Waals surface area contributed by atoms with Crippen molar-refractivity contribution < 1.29 is 33.3 Å². The minimum atomic E-state index is -1.34. The molecule has 1 aliphatic rings. The molecule has 0 radical (unpaired) electrons. The summed E-state index contributed by atoms with van der Waals surface area (Å²) in [4.78, 5) is 25.8. The summed E-state index contributed by atoms with van der Waals surface area (Å²) in [7, 11) is 3.01. The van der Waals surface area contributed by atoms with Crippen LogP contribution < -0.4 is 19.8 Å². The Balaban J connectivity index is 1.77. The van der Waals surface area contributed by atoms with Crippen LogP contribution in [0.5, 0.6) is 17.2 Å². The van der Waals surface area contributed by atoms with Gasteiger partial charge in [-0.3, -0.25) is 0 Å². The van der Waals surface area contributed by atoms with Gasteiger partial charge in [0.25, 0.3) is 0 Å². The Morgan fingerprint density at radius 2 is 1.79 bits per heavy atom. The molecule has 2 aromatic carbocycles. The summed E-state index contributed by atoms with van der Waals surface area (Å²) in [5, 5.41) is 11.2. The fourth-order valence-electron chi connectivity index (χ4n) is 3.74. The number of carbonyl (C=O) groups is 1. The van der Waals surface area contributed by atoms with Gasteiger partial charge in [-0.1, -0.05) is 17.7 Å². The van der Waals surface area contributed by atoms with Gasteiger partial charge in [-0.05, 0) is 50.2 Å². The first-order valence-corrected chi connectivity index (χ1v) is 10.8. The maximum Gasteiger partial charge on any atom is 0.347 e. The maximum atomic E-state index is 13.0. The number of rotatable bonds is 5. The molecule has 0 saturated heterocycles. The predicted octanol–water partition coefficient (Wildman–Crippen LogP) is 4.41. The van der Waals surface area contributed by atoms with E-state index in [2.05, 4.69) is 0 Å². The highest BCUT2D eigenvalue weighted by molar-refractivity contribution is 6.30. The van der Waals surface area contributed by atoms with E-state index in [0.29, 0.717) is 22.1 Å². The van der Waals surface area contributed by atoms with Crippen LogP contribution in [0, 0.1) is 0 Å². The van der Waals surface area contributed by atoms with Crippen LogP contribution >= 0.6 is 11.6 Å². The zero-order chi connectivity index (χ0) is 24.6. The van der Waals surface area contributed by atoms with E-state index in [-0.39, 0.29) is 22.6 Å². The molecule has 2 heterocycles. The molecule has 3 aromatic rings. The largest absolute Gasteiger partial charge is 0.493 e. The van der Waals surface area contributed by atoms with Crippen molar-refractivity contribution in [3.8, 4) is 28.6 Å². The van der Waals surface area contributed by atoms with Crippen molar-refractivity contribution in [3.63, 3.8) is 0 Å². The van der Waals surface area contributed by atoms with Gasteiger partial charge in [0.05, 0.1) is 19.8 Å². The molecular formula is C25H23ClO8. The summed E-state index contributed by atoms with van der Waals surface area (Å²) in [5.41, 5.74) is -1.35. The molecule has 0 aliphatic carbocycles. The van der Waals surface area contributed by atoms with Crippen molar-refractivity contribution in [3.05, 3.63) is 75.1 Å². The second-order valence-electron chi connectivity index (χ2n) is 8.23. The summed E-state index contributed by atoms with van der Waals surface area (Å²) in [6.07, 6.45) is -2.65. The molecule has 0 fully saturated rings. The number of hydrogen-bond acceptors (Lipinski definition) is 8. The minimum Gasteiger partial charge on any atom is -0.493 e. The molecule has 0 bridgehead atoms. The topological polar surface area (TPSA) is 104 Å². The van der Waals surface area contributed by atoms with E-state index in [1.807, 2.05) is 0 Å². The van der Waals surface area contributed by atoms with Crippen LogP contribution in [0.3, 0.4) is 0 Å². The lowest BCUT2D eigenvalue weighted by Crippen LogP contribution is -2.51. The molecular weight excluding hydrogens is 464 g/mol. The molecule has 0 amide bonds. The van der Waals surface area contributed by atoms with E-state index in [0.717, 1.165) is 0 Å². The zero-order valence-corrected chi connectivity index (χ0v) is 19.7. The summed E-state index contributed by atoms with van der Waals surface area (Å²) in [6, 6.07) is 12.7. The lowest BCUT2D eigenvalue weighted by atomic mass is 9.89. The average Bonchev–Trinajstić information content (AvgIpc) is 2.80. The van der Waals surface area contributed by atoms with Gasteiger partial charge in [0.2, 0.25) is 0 Å². The fraction of sp³-hybridized carbons (Fsp3) is 0.280. The minimum absolute atomic E-state index is 0.0913. The van der Waals surface area contributed by atoms with Gasteiger partial charge in [0, 0.05) is 16.7 Å². The Bertz CT molecular complexity index is 1300. The van der Waals surface area contributed by atoms with Gasteiger partial charge in [0.15, 0.2) is 17.6 Å². The Morgan fingerprint density at radius 1 is 1.06 bits per heavy atom. The Morgan fingerprint density at radius 3 is 2.47 bits per heavy atom. The number of fused-ring (bicyclic) bond motifs is 1. The van der Waals surface area contributed by atoms with E-state index in [9.17, 15) is 14.7 Å². The number of halogens is 1. The van der Waals surface area contributed by atoms with Crippen LogP contribution in [-0.2, 0) is 4.74 Å². The normalized spacial score (nSPS) is 18.4. The Hall–Kier alpha value is -3.49. The van der Waals surface area contributed by atoms with Gasteiger partial charge in [0.1, 0.15) is 28.8 Å². The van der Waals surface area contributed by atoms with Crippen LogP contribution in [0.25, 0.3) is 11.3 Å². The molecule has 1 aliphatic heterocycles. The van der Waals surface area contributed by atoms with Crippen LogP contribution in [-0.4, -0.2) is 37.0 Å². The Labute approximate surface area is 200 Å². The summed E-state index contributed by atoms with van der Waals surface area (Å²) < 4.78 is 27.6. The number of methoxy groups -OCH3 is 2. The third-order valence-electron chi connectivity index (χ3n) is 5.57. The number of ether oxygens (including phenoxy) is 4. The smallest absolute Gasteiger partial charge is 0.347 e. The number of aliphatic hydroxyl groups excluding tert-OH is 1. The monoisotopic (exact) mass is 486 g/mol. The van der Waals surface area contributed by atoms with Crippen LogP contribution in [0.1, 0.15) is 35.9 Å². The second kappa shape index (κ2) is 9.04. The fourth-order valence-corrected chi connectivity index (χ4v) is 3.93. The molecule has 1 N–H and O–H groups in total. The number of hydrogen-bond donors (Lipinski definition) is 1. The third kappa shape index (κ3) is 4.34. The van der Waals surface area contributed by atoms with Gasteiger partial charge in [-0.2, -0.15) is 0 Å². The molecule has 1 aromatic heterocycles. The van der Waals surface area contributed by atoms with E-state index in [1.54, 1.807) is 44.2 Å². The standard InChI is InChI=1S/C25H23ClO8/c1-25(2)22(27)21(33-23(28)14-6-5-7-15(26)10-14)20-19(34-25)12-17(32-24(20)29)13-8-9-16(30-3)18(11-13)31-4/h5-12,21-22,27H,1-4H3/t21-,22+/m0/s1. The van der Waals surface area contributed by atoms with E-state index >= 15 is 0 Å². The molecule has 0 spiro atoms. The first kappa shape index (κ1) is 23.7. The van der Waals surface area contributed by atoms with Crippen molar-refractivity contribution in [1.29, 1.82) is 0 Å². The van der Waals surface area contributed by atoms with E-state index in [4.69, 9.17) is 35.0 Å². The number of benzene rings is 2. The summed E-state index contributed by atoms with van der Waals surface area (Å²) in [6.45, 7) is 3.26. The third-order valence-corrected chi connectivity index (χ3v) is 5.80. The van der Waals surface area contributed by atoms with Gasteiger partial charge in [-0.15, -0.1) is 0 Å². The second-order valence-corrected chi connectivity index (χ2v) is 8.67. The number of esters is 1. The first-order chi connectivity index (χ1) is 16.1. The quantitative estimate of drug-likeness (QED) is 0.529. The highest BCUT2D eigenvalue weighted by atomic mass is 35.5. The molecule has 0 saturated carbocycles. The summed E-state index contributed by atoms with van der Waals surface area (Å²) in [5.74, 6) is 0.557. The molecule has 34 heavy (non-hydrogen) atoms. The lowest BCUT2D eigenvalue weighted by Gasteiger charge is -2.40. The van der Waals surface area contributed by atoms with Gasteiger partial charge >= 0.3 is 11.6 Å². The van der Waals surface area contributed by atoms with Crippen LogP contribution in [0.15, 0.2) is 57.7 Å².